The van der Waals surface area contributed by atoms with Crippen LogP contribution in [0.5, 0.6) is 0 Å². The molecule has 0 radical (unpaired) electrons. The fourth-order valence-corrected chi connectivity index (χ4v) is 4.02. The van der Waals surface area contributed by atoms with Crippen molar-refractivity contribution in [3.63, 3.8) is 0 Å². The molecular weight excluding hydrogens is 308 g/mol. The van der Waals surface area contributed by atoms with Crippen molar-refractivity contribution in [1.29, 1.82) is 0 Å². The van der Waals surface area contributed by atoms with E-state index in [1.54, 1.807) is 0 Å². The highest BCUT2D eigenvalue weighted by atomic mass is 79.9. The van der Waals surface area contributed by atoms with E-state index in [1.165, 1.54) is 38.9 Å². The van der Waals surface area contributed by atoms with Crippen molar-refractivity contribution >= 4 is 15.9 Å². The Morgan fingerprint density at radius 1 is 0.800 bits per heavy atom. The van der Waals surface area contributed by atoms with Crippen LogP contribution in [0.4, 0.5) is 0 Å². The molecule has 0 saturated carbocycles. The molecule has 2 aromatic carbocycles. The second-order valence-electron chi connectivity index (χ2n) is 5.90. The number of rotatable bonds is 3. The third kappa shape index (κ3) is 3.32. The number of benzene rings is 2. The molecule has 0 aliphatic rings. The summed E-state index contributed by atoms with van der Waals surface area (Å²) in [6, 6.07) is 11.3. The zero-order valence-electron chi connectivity index (χ0n) is 13.0. The predicted octanol–water partition coefficient (Wildman–Crippen LogP) is 5.91. The van der Waals surface area contributed by atoms with E-state index in [1.807, 2.05) is 0 Å². The van der Waals surface area contributed by atoms with Gasteiger partial charge in [0.2, 0.25) is 0 Å². The van der Waals surface area contributed by atoms with Gasteiger partial charge in [-0.3, -0.25) is 0 Å². The van der Waals surface area contributed by atoms with E-state index < -0.39 is 0 Å². The molecule has 0 aromatic heterocycles. The van der Waals surface area contributed by atoms with E-state index >= 15 is 0 Å². The molecule has 0 saturated heterocycles. The minimum absolute atomic E-state index is 0.380. The number of hydrogen-bond acceptors (Lipinski definition) is 0. The van der Waals surface area contributed by atoms with Gasteiger partial charge in [-0.1, -0.05) is 51.8 Å². The van der Waals surface area contributed by atoms with Crippen LogP contribution < -0.4 is 0 Å². The minimum atomic E-state index is 0.380. The molecule has 0 aliphatic carbocycles. The zero-order valence-corrected chi connectivity index (χ0v) is 14.6. The van der Waals surface area contributed by atoms with Crippen LogP contribution in [0.15, 0.2) is 30.3 Å². The van der Waals surface area contributed by atoms with Crippen LogP contribution in [0.3, 0.4) is 0 Å². The number of alkyl halides is 1. The highest BCUT2D eigenvalue weighted by Crippen LogP contribution is 2.33. The summed E-state index contributed by atoms with van der Waals surface area (Å²) < 4.78 is 0. The summed E-state index contributed by atoms with van der Waals surface area (Å²) in [7, 11) is 0. The maximum Gasteiger partial charge on any atom is 0.0440 e. The van der Waals surface area contributed by atoms with Crippen molar-refractivity contribution < 1.29 is 0 Å². The molecule has 0 bridgehead atoms. The topological polar surface area (TPSA) is 0 Å². The lowest BCUT2D eigenvalue weighted by atomic mass is 9.93. The molecule has 0 amide bonds. The van der Waals surface area contributed by atoms with E-state index in [-0.39, 0.29) is 0 Å². The Kier molecular flexibility index (Phi) is 4.70. The van der Waals surface area contributed by atoms with Gasteiger partial charge in [-0.25, -0.2) is 0 Å². The second-order valence-corrected chi connectivity index (χ2v) is 7.01. The van der Waals surface area contributed by atoms with Crippen LogP contribution in [0.2, 0.25) is 0 Å². The smallest absolute Gasteiger partial charge is 0.0440 e. The Bertz CT molecular complexity index is 603. The summed E-state index contributed by atoms with van der Waals surface area (Å²) in [4.78, 5) is 0.380. The van der Waals surface area contributed by atoms with Crippen molar-refractivity contribution in [3.05, 3.63) is 69.3 Å². The molecule has 2 aromatic rings. The highest BCUT2D eigenvalue weighted by Gasteiger charge is 2.14. The molecule has 0 N–H and O–H groups in total. The quantitative estimate of drug-likeness (QED) is 0.614. The molecule has 0 heterocycles. The van der Waals surface area contributed by atoms with Crippen molar-refractivity contribution in [2.24, 2.45) is 0 Å². The average Bonchev–Trinajstić information content (AvgIpc) is 2.32. The second kappa shape index (κ2) is 6.13. The zero-order chi connectivity index (χ0) is 14.9. The van der Waals surface area contributed by atoms with Gasteiger partial charge in [0, 0.05) is 4.83 Å². The molecule has 0 aliphatic heterocycles. The first-order valence-electron chi connectivity index (χ1n) is 7.16. The summed E-state index contributed by atoms with van der Waals surface area (Å²) in [6.07, 6.45) is 1.03. The molecule has 1 atom stereocenters. The maximum absolute atomic E-state index is 3.89. The van der Waals surface area contributed by atoms with Crippen molar-refractivity contribution in [2.45, 2.75) is 45.9 Å². The molecule has 0 fully saturated rings. The van der Waals surface area contributed by atoms with E-state index in [0.29, 0.717) is 4.83 Å². The first-order valence-corrected chi connectivity index (χ1v) is 8.08. The van der Waals surface area contributed by atoms with Crippen LogP contribution in [-0.4, -0.2) is 0 Å². The molecule has 106 valence electrons. The molecule has 20 heavy (non-hydrogen) atoms. The summed E-state index contributed by atoms with van der Waals surface area (Å²) in [5, 5.41) is 0. The summed E-state index contributed by atoms with van der Waals surface area (Å²) in [5.41, 5.74) is 9.68. The van der Waals surface area contributed by atoms with Gasteiger partial charge < -0.3 is 0 Å². The first kappa shape index (κ1) is 15.3. The van der Waals surface area contributed by atoms with E-state index in [0.717, 1.165) is 6.42 Å². The SMILES string of the molecule is Cc1cc(C)c(C(Br)Cc2ccc(C)c(C)c2)c(C)c1. The lowest BCUT2D eigenvalue weighted by molar-refractivity contribution is 0.922. The average molecular weight is 331 g/mol. The highest BCUT2D eigenvalue weighted by molar-refractivity contribution is 9.09. The lowest BCUT2D eigenvalue weighted by Crippen LogP contribution is -2.02. The Morgan fingerprint density at radius 2 is 1.40 bits per heavy atom. The van der Waals surface area contributed by atoms with Gasteiger partial charge in [0.1, 0.15) is 0 Å². The van der Waals surface area contributed by atoms with Crippen LogP contribution in [0.25, 0.3) is 0 Å². The molecular formula is C19H23Br. The Hall–Kier alpha value is -1.08. The van der Waals surface area contributed by atoms with E-state index in [4.69, 9.17) is 0 Å². The van der Waals surface area contributed by atoms with Gasteiger partial charge in [0.05, 0.1) is 0 Å². The van der Waals surface area contributed by atoms with Crippen LogP contribution in [0.1, 0.15) is 43.8 Å². The molecule has 0 nitrogen and oxygen atoms in total. The summed E-state index contributed by atoms with van der Waals surface area (Å²) in [6.45, 7) is 10.9. The summed E-state index contributed by atoms with van der Waals surface area (Å²) in [5.74, 6) is 0. The fourth-order valence-electron chi connectivity index (χ4n) is 2.92. The third-order valence-electron chi connectivity index (χ3n) is 4.04. The van der Waals surface area contributed by atoms with Crippen molar-refractivity contribution in [3.8, 4) is 0 Å². The van der Waals surface area contributed by atoms with Crippen molar-refractivity contribution in [1.82, 2.24) is 0 Å². The Morgan fingerprint density at radius 3 is 1.95 bits per heavy atom. The fraction of sp³-hybridized carbons (Fsp3) is 0.368. The molecule has 2 rings (SSSR count). The lowest BCUT2D eigenvalue weighted by Gasteiger charge is -2.18. The minimum Gasteiger partial charge on any atom is -0.0835 e. The Balaban J connectivity index is 2.28. The maximum atomic E-state index is 3.89. The largest absolute Gasteiger partial charge is 0.0835 e. The summed E-state index contributed by atoms with van der Waals surface area (Å²) >= 11 is 3.89. The normalized spacial score (nSPS) is 12.5. The van der Waals surface area contributed by atoms with Gasteiger partial charge in [-0.05, 0) is 74.4 Å². The Labute approximate surface area is 131 Å². The van der Waals surface area contributed by atoms with Crippen LogP contribution in [-0.2, 0) is 6.42 Å². The standard InChI is InChI=1S/C19H23Br/c1-12-8-15(4)19(16(5)9-12)18(20)11-17-7-6-13(2)14(3)10-17/h6-10,18H,11H2,1-5H3. The van der Waals surface area contributed by atoms with Crippen LogP contribution >= 0.6 is 15.9 Å². The number of halogens is 1. The molecule has 0 spiro atoms. The van der Waals surface area contributed by atoms with E-state index in [2.05, 4.69) is 80.9 Å². The number of hydrogen-bond donors (Lipinski definition) is 0. The number of aryl methyl sites for hydroxylation is 5. The van der Waals surface area contributed by atoms with Gasteiger partial charge in [0.15, 0.2) is 0 Å². The monoisotopic (exact) mass is 330 g/mol. The van der Waals surface area contributed by atoms with Gasteiger partial charge in [-0.2, -0.15) is 0 Å². The molecule has 1 unspecified atom stereocenters. The molecule has 1 heteroatoms. The predicted molar refractivity (Wildman–Crippen MR) is 91.9 cm³/mol. The van der Waals surface area contributed by atoms with Gasteiger partial charge in [0.25, 0.3) is 0 Å². The van der Waals surface area contributed by atoms with E-state index in [9.17, 15) is 0 Å². The van der Waals surface area contributed by atoms with Crippen LogP contribution in [0, 0.1) is 34.6 Å². The first-order chi connectivity index (χ1) is 9.38. The van der Waals surface area contributed by atoms with Gasteiger partial charge in [-0.15, -0.1) is 0 Å². The van der Waals surface area contributed by atoms with Gasteiger partial charge >= 0.3 is 0 Å². The van der Waals surface area contributed by atoms with Crippen molar-refractivity contribution in [2.75, 3.05) is 0 Å². The third-order valence-corrected chi connectivity index (χ3v) is 4.82.